The van der Waals surface area contributed by atoms with Crippen LogP contribution in [0.25, 0.3) is 11.0 Å². The molecule has 1 aromatic heterocycles. The molecule has 0 aliphatic rings. The van der Waals surface area contributed by atoms with Crippen molar-refractivity contribution in [1.82, 2.24) is 16.0 Å². The number of fused-ring (bicyclic) bond motifs is 1. The van der Waals surface area contributed by atoms with E-state index in [0.717, 1.165) is 0 Å². The third-order valence-corrected chi connectivity index (χ3v) is 4.61. The standard InChI is InChI=1S/C20H23N3O8/c1-10-12-3-5-14(24)11(2)19(12)31-20(30)13(10)4-6-15(25)21-7-16(26)22-8-17(27)23-9-18(28)29/h3,5,24H,4,6-9H2,1-2H3,(H,21,25)(H,22,26)(H,23,27)(H,28,29). The number of phenolic OH excluding ortho intramolecular Hbond substituents is 1. The van der Waals surface area contributed by atoms with Crippen molar-refractivity contribution < 1.29 is 33.8 Å². The summed E-state index contributed by atoms with van der Waals surface area (Å²) in [5.41, 5.74) is 1.11. The molecule has 166 valence electrons. The Balaban J connectivity index is 1.87. The van der Waals surface area contributed by atoms with Crippen LogP contribution in [0.5, 0.6) is 5.75 Å². The molecule has 1 heterocycles. The minimum atomic E-state index is -1.21. The summed E-state index contributed by atoms with van der Waals surface area (Å²) in [6.07, 6.45) is 0.0234. The molecular formula is C20H23N3O8. The SMILES string of the molecule is Cc1c(CCC(=O)NCC(=O)NCC(=O)NCC(=O)O)c(=O)oc2c(C)c(O)ccc12. The topological polar surface area (TPSA) is 175 Å². The number of carbonyl (C=O) groups is 4. The zero-order chi connectivity index (χ0) is 23.1. The highest BCUT2D eigenvalue weighted by Gasteiger charge is 2.16. The van der Waals surface area contributed by atoms with Crippen LogP contribution < -0.4 is 21.6 Å². The molecule has 0 saturated heterocycles. The average Bonchev–Trinajstić information content (AvgIpc) is 2.72. The van der Waals surface area contributed by atoms with Crippen LogP contribution in [0.1, 0.15) is 23.1 Å². The number of aromatic hydroxyl groups is 1. The maximum absolute atomic E-state index is 12.3. The number of aliphatic carboxylic acids is 1. The Bertz CT molecular complexity index is 1090. The molecule has 11 nitrogen and oxygen atoms in total. The van der Waals surface area contributed by atoms with Crippen LogP contribution in [0, 0.1) is 13.8 Å². The maximum atomic E-state index is 12.3. The molecule has 0 aliphatic carbocycles. The van der Waals surface area contributed by atoms with E-state index in [0.29, 0.717) is 27.7 Å². The van der Waals surface area contributed by atoms with Crippen molar-refractivity contribution in [3.05, 3.63) is 39.2 Å². The van der Waals surface area contributed by atoms with E-state index in [1.54, 1.807) is 19.9 Å². The molecule has 0 unspecified atom stereocenters. The first-order valence-corrected chi connectivity index (χ1v) is 9.37. The molecule has 31 heavy (non-hydrogen) atoms. The molecule has 0 aliphatic heterocycles. The van der Waals surface area contributed by atoms with Gasteiger partial charge in [0.25, 0.3) is 0 Å². The summed E-state index contributed by atoms with van der Waals surface area (Å²) < 4.78 is 5.32. The van der Waals surface area contributed by atoms with Crippen molar-refractivity contribution >= 4 is 34.7 Å². The van der Waals surface area contributed by atoms with E-state index in [2.05, 4.69) is 16.0 Å². The van der Waals surface area contributed by atoms with Crippen molar-refractivity contribution in [2.45, 2.75) is 26.7 Å². The number of carbonyl (C=O) groups excluding carboxylic acids is 3. The van der Waals surface area contributed by atoms with Crippen LogP contribution in [-0.4, -0.2) is 53.5 Å². The zero-order valence-corrected chi connectivity index (χ0v) is 17.0. The minimum Gasteiger partial charge on any atom is -0.508 e. The number of phenols is 1. The highest BCUT2D eigenvalue weighted by molar-refractivity contribution is 5.89. The monoisotopic (exact) mass is 433 g/mol. The Morgan fingerprint density at radius 2 is 1.48 bits per heavy atom. The quantitative estimate of drug-likeness (QED) is 0.328. The lowest BCUT2D eigenvalue weighted by Crippen LogP contribution is -2.43. The lowest BCUT2D eigenvalue weighted by molar-refractivity contribution is -0.137. The van der Waals surface area contributed by atoms with E-state index in [4.69, 9.17) is 9.52 Å². The Kier molecular flexibility index (Phi) is 7.72. The predicted octanol–water partition coefficient (Wildman–Crippen LogP) is -0.519. The second kappa shape index (κ2) is 10.2. The number of benzene rings is 1. The zero-order valence-electron chi connectivity index (χ0n) is 17.0. The molecule has 5 N–H and O–H groups in total. The summed E-state index contributed by atoms with van der Waals surface area (Å²) in [6.45, 7) is 2.00. The summed E-state index contributed by atoms with van der Waals surface area (Å²) >= 11 is 0. The summed E-state index contributed by atoms with van der Waals surface area (Å²) in [7, 11) is 0. The van der Waals surface area contributed by atoms with E-state index >= 15 is 0 Å². The van der Waals surface area contributed by atoms with Gasteiger partial charge in [-0.25, -0.2) is 4.79 Å². The smallest absolute Gasteiger partial charge is 0.339 e. The number of carboxylic acid groups (broad SMARTS) is 1. The Labute approximate surface area is 176 Å². The molecular weight excluding hydrogens is 410 g/mol. The van der Waals surface area contributed by atoms with Crippen molar-refractivity contribution in [2.24, 2.45) is 0 Å². The van der Waals surface area contributed by atoms with E-state index in [9.17, 15) is 29.1 Å². The molecule has 0 spiro atoms. The Hall–Kier alpha value is -3.89. The Morgan fingerprint density at radius 1 is 0.903 bits per heavy atom. The highest BCUT2D eigenvalue weighted by Crippen LogP contribution is 2.28. The number of carboxylic acids is 1. The highest BCUT2D eigenvalue weighted by atomic mass is 16.4. The lowest BCUT2D eigenvalue weighted by Gasteiger charge is -2.10. The van der Waals surface area contributed by atoms with Gasteiger partial charge >= 0.3 is 11.6 Å². The van der Waals surface area contributed by atoms with E-state index in [-0.39, 0.29) is 25.1 Å². The molecule has 2 aromatic rings. The lowest BCUT2D eigenvalue weighted by atomic mass is 10.0. The number of hydrogen-bond donors (Lipinski definition) is 5. The van der Waals surface area contributed by atoms with Crippen LogP contribution in [-0.2, 0) is 25.6 Å². The maximum Gasteiger partial charge on any atom is 0.339 e. The van der Waals surface area contributed by atoms with E-state index in [1.807, 2.05) is 0 Å². The first-order chi connectivity index (χ1) is 14.6. The van der Waals surface area contributed by atoms with Gasteiger partial charge in [0.05, 0.1) is 13.1 Å². The van der Waals surface area contributed by atoms with Gasteiger partial charge in [0, 0.05) is 22.9 Å². The molecule has 0 fully saturated rings. The van der Waals surface area contributed by atoms with Gasteiger partial charge < -0.3 is 30.6 Å². The Morgan fingerprint density at radius 3 is 2.10 bits per heavy atom. The fourth-order valence-corrected chi connectivity index (χ4v) is 2.85. The van der Waals surface area contributed by atoms with Gasteiger partial charge in [-0.05, 0) is 38.0 Å². The third kappa shape index (κ3) is 6.29. The van der Waals surface area contributed by atoms with Crippen molar-refractivity contribution in [3.63, 3.8) is 0 Å². The second-order valence-electron chi connectivity index (χ2n) is 6.80. The first kappa shape index (κ1) is 23.4. The normalized spacial score (nSPS) is 10.5. The summed E-state index contributed by atoms with van der Waals surface area (Å²) in [4.78, 5) is 57.7. The van der Waals surface area contributed by atoms with Crippen molar-refractivity contribution in [3.8, 4) is 5.75 Å². The summed E-state index contributed by atoms with van der Waals surface area (Å²) in [5.74, 6) is -2.98. The van der Waals surface area contributed by atoms with Crippen LogP contribution in [0.4, 0.5) is 0 Å². The fourth-order valence-electron chi connectivity index (χ4n) is 2.85. The second-order valence-corrected chi connectivity index (χ2v) is 6.80. The van der Waals surface area contributed by atoms with Gasteiger partial charge in [-0.1, -0.05) is 0 Å². The van der Waals surface area contributed by atoms with Crippen LogP contribution in [0.2, 0.25) is 0 Å². The van der Waals surface area contributed by atoms with Gasteiger partial charge in [-0.2, -0.15) is 0 Å². The fraction of sp³-hybridized carbons (Fsp3) is 0.350. The van der Waals surface area contributed by atoms with Crippen molar-refractivity contribution in [2.75, 3.05) is 19.6 Å². The van der Waals surface area contributed by atoms with E-state index < -0.39 is 42.4 Å². The first-order valence-electron chi connectivity index (χ1n) is 9.37. The molecule has 2 rings (SSSR count). The largest absolute Gasteiger partial charge is 0.508 e. The number of nitrogens with one attached hydrogen (secondary N) is 3. The molecule has 11 heteroatoms. The minimum absolute atomic E-state index is 0.0137. The van der Waals surface area contributed by atoms with Gasteiger partial charge in [-0.15, -0.1) is 0 Å². The third-order valence-electron chi connectivity index (χ3n) is 4.61. The molecule has 0 atom stereocenters. The molecule has 0 bridgehead atoms. The van der Waals surface area contributed by atoms with E-state index in [1.165, 1.54) is 6.07 Å². The van der Waals surface area contributed by atoms with Gasteiger partial charge in [0.2, 0.25) is 17.7 Å². The van der Waals surface area contributed by atoms with Crippen LogP contribution >= 0.6 is 0 Å². The summed E-state index contributed by atoms with van der Waals surface area (Å²) in [5, 5.41) is 25.6. The summed E-state index contributed by atoms with van der Waals surface area (Å²) in [6, 6.07) is 3.14. The van der Waals surface area contributed by atoms with Gasteiger partial charge in [0.1, 0.15) is 17.9 Å². The number of amides is 3. The molecule has 3 amide bonds. The molecule has 0 radical (unpaired) electrons. The number of hydrogen-bond acceptors (Lipinski definition) is 7. The van der Waals surface area contributed by atoms with Crippen molar-refractivity contribution in [1.29, 1.82) is 0 Å². The predicted molar refractivity (Wildman–Crippen MR) is 109 cm³/mol. The molecule has 1 aromatic carbocycles. The van der Waals surface area contributed by atoms with Crippen LogP contribution in [0.3, 0.4) is 0 Å². The van der Waals surface area contributed by atoms with Gasteiger partial charge in [-0.3, -0.25) is 19.2 Å². The molecule has 0 saturated carbocycles. The number of rotatable bonds is 9. The van der Waals surface area contributed by atoms with Gasteiger partial charge in [0.15, 0.2) is 0 Å². The average molecular weight is 433 g/mol. The van der Waals surface area contributed by atoms with Crippen LogP contribution in [0.15, 0.2) is 21.3 Å². The number of aryl methyl sites for hydroxylation is 2.